The standard InChI is InChI=1S/C11H23N3S/c1-3-6-12-11(15)13-8-10-5-7-14(4-2)9-10/h10H,3-9H2,1-2H3,(H2,12,13,15). The van der Waals surface area contributed by atoms with E-state index in [1.165, 1.54) is 26.1 Å². The molecule has 1 rings (SSSR count). The number of thiocarbonyl (C=S) groups is 1. The van der Waals surface area contributed by atoms with Crippen LogP contribution in [0.5, 0.6) is 0 Å². The highest BCUT2D eigenvalue weighted by atomic mass is 32.1. The van der Waals surface area contributed by atoms with Crippen LogP contribution in [0.1, 0.15) is 26.7 Å². The highest BCUT2D eigenvalue weighted by Crippen LogP contribution is 2.14. The number of nitrogens with one attached hydrogen (secondary N) is 2. The van der Waals surface area contributed by atoms with E-state index in [1.54, 1.807) is 0 Å². The van der Waals surface area contributed by atoms with Gasteiger partial charge in [-0.2, -0.15) is 0 Å². The van der Waals surface area contributed by atoms with Crippen LogP contribution in [0, 0.1) is 5.92 Å². The Kier molecular flexibility index (Phi) is 5.95. The zero-order valence-corrected chi connectivity index (χ0v) is 10.7. The Hall–Kier alpha value is -0.350. The Morgan fingerprint density at radius 3 is 2.80 bits per heavy atom. The summed E-state index contributed by atoms with van der Waals surface area (Å²) in [6.07, 6.45) is 2.42. The van der Waals surface area contributed by atoms with Crippen molar-refractivity contribution in [3.05, 3.63) is 0 Å². The predicted molar refractivity (Wildman–Crippen MR) is 69.1 cm³/mol. The maximum atomic E-state index is 5.18. The molecular formula is C11H23N3S. The molecule has 2 N–H and O–H groups in total. The third-order valence-corrected chi connectivity index (χ3v) is 3.19. The summed E-state index contributed by atoms with van der Waals surface area (Å²) in [5.74, 6) is 0.770. The van der Waals surface area contributed by atoms with Gasteiger partial charge >= 0.3 is 0 Å². The lowest BCUT2D eigenvalue weighted by Crippen LogP contribution is -2.38. The van der Waals surface area contributed by atoms with Crippen molar-refractivity contribution in [2.24, 2.45) is 5.92 Å². The minimum absolute atomic E-state index is 0.770. The first kappa shape index (κ1) is 12.7. The van der Waals surface area contributed by atoms with E-state index in [-0.39, 0.29) is 0 Å². The normalized spacial score (nSPS) is 21.6. The van der Waals surface area contributed by atoms with Crippen molar-refractivity contribution in [3.8, 4) is 0 Å². The van der Waals surface area contributed by atoms with Crippen molar-refractivity contribution >= 4 is 17.3 Å². The Balaban J connectivity index is 2.07. The molecule has 0 aromatic heterocycles. The molecule has 1 heterocycles. The first-order valence-electron chi connectivity index (χ1n) is 6.00. The van der Waals surface area contributed by atoms with Gasteiger partial charge in [-0.25, -0.2) is 0 Å². The van der Waals surface area contributed by atoms with E-state index < -0.39 is 0 Å². The molecule has 1 atom stereocenters. The molecule has 3 nitrogen and oxygen atoms in total. The third-order valence-electron chi connectivity index (χ3n) is 2.90. The molecule has 0 bridgehead atoms. The first-order chi connectivity index (χ1) is 7.26. The second kappa shape index (κ2) is 7.01. The summed E-state index contributed by atoms with van der Waals surface area (Å²) in [6, 6.07) is 0. The number of likely N-dealkylation sites (tertiary alicyclic amines) is 1. The molecule has 0 aromatic carbocycles. The quantitative estimate of drug-likeness (QED) is 0.693. The Bertz CT molecular complexity index is 196. The van der Waals surface area contributed by atoms with Crippen molar-refractivity contribution in [1.29, 1.82) is 0 Å². The van der Waals surface area contributed by atoms with E-state index in [1.807, 2.05) is 0 Å². The molecule has 88 valence electrons. The number of hydrogen-bond acceptors (Lipinski definition) is 2. The molecule has 0 aromatic rings. The van der Waals surface area contributed by atoms with Crippen LogP contribution in [0.25, 0.3) is 0 Å². The van der Waals surface area contributed by atoms with Gasteiger partial charge in [-0.15, -0.1) is 0 Å². The summed E-state index contributed by atoms with van der Waals surface area (Å²) in [7, 11) is 0. The van der Waals surface area contributed by atoms with E-state index in [0.717, 1.165) is 30.5 Å². The number of nitrogens with zero attached hydrogens (tertiary/aromatic N) is 1. The van der Waals surface area contributed by atoms with Crippen LogP contribution in [-0.2, 0) is 0 Å². The van der Waals surface area contributed by atoms with Gasteiger partial charge in [0.05, 0.1) is 0 Å². The fourth-order valence-electron chi connectivity index (χ4n) is 1.90. The Labute approximate surface area is 98.6 Å². The van der Waals surface area contributed by atoms with Gasteiger partial charge in [0.1, 0.15) is 0 Å². The molecule has 1 unspecified atom stereocenters. The van der Waals surface area contributed by atoms with Crippen LogP contribution in [0.3, 0.4) is 0 Å². The lowest BCUT2D eigenvalue weighted by Gasteiger charge is -2.15. The molecule has 4 heteroatoms. The van der Waals surface area contributed by atoms with Crippen molar-refractivity contribution in [2.45, 2.75) is 26.7 Å². The predicted octanol–water partition coefficient (Wildman–Crippen LogP) is 1.20. The maximum absolute atomic E-state index is 5.18. The van der Waals surface area contributed by atoms with E-state index in [2.05, 4.69) is 29.4 Å². The number of hydrogen-bond donors (Lipinski definition) is 2. The van der Waals surface area contributed by atoms with E-state index in [9.17, 15) is 0 Å². The lowest BCUT2D eigenvalue weighted by molar-refractivity contribution is 0.342. The largest absolute Gasteiger partial charge is 0.363 e. The molecule has 0 amide bonds. The molecule has 0 radical (unpaired) electrons. The molecule has 1 saturated heterocycles. The van der Waals surface area contributed by atoms with Crippen molar-refractivity contribution < 1.29 is 0 Å². The summed E-state index contributed by atoms with van der Waals surface area (Å²) < 4.78 is 0. The van der Waals surface area contributed by atoms with Crippen LogP contribution in [0.4, 0.5) is 0 Å². The molecule has 1 fully saturated rings. The highest BCUT2D eigenvalue weighted by Gasteiger charge is 2.20. The van der Waals surface area contributed by atoms with Gasteiger partial charge in [-0.1, -0.05) is 13.8 Å². The summed E-state index contributed by atoms with van der Waals surface area (Å²) >= 11 is 5.18. The molecule has 0 saturated carbocycles. The second-order valence-electron chi connectivity index (χ2n) is 4.18. The topological polar surface area (TPSA) is 27.3 Å². The minimum atomic E-state index is 0.770. The third kappa shape index (κ3) is 4.80. The summed E-state index contributed by atoms with van der Waals surface area (Å²) in [5.41, 5.74) is 0. The maximum Gasteiger partial charge on any atom is 0.166 e. The summed E-state index contributed by atoms with van der Waals surface area (Å²) in [4.78, 5) is 2.49. The average Bonchev–Trinajstić information content (AvgIpc) is 2.71. The van der Waals surface area contributed by atoms with Crippen LogP contribution in [0.2, 0.25) is 0 Å². The van der Waals surface area contributed by atoms with Crippen molar-refractivity contribution in [1.82, 2.24) is 15.5 Å². The zero-order chi connectivity index (χ0) is 11.1. The Morgan fingerprint density at radius 2 is 2.20 bits per heavy atom. The van der Waals surface area contributed by atoms with Crippen molar-refractivity contribution in [3.63, 3.8) is 0 Å². The zero-order valence-electron chi connectivity index (χ0n) is 9.88. The van der Waals surface area contributed by atoms with E-state index >= 15 is 0 Å². The van der Waals surface area contributed by atoms with Crippen LogP contribution in [-0.4, -0.2) is 42.7 Å². The Morgan fingerprint density at radius 1 is 1.40 bits per heavy atom. The van der Waals surface area contributed by atoms with Gasteiger partial charge in [-0.3, -0.25) is 0 Å². The van der Waals surface area contributed by atoms with E-state index in [0.29, 0.717) is 0 Å². The van der Waals surface area contributed by atoms with Gasteiger partial charge in [0.15, 0.2) is 5.11 Å². The fraction of sp³-hybridized carbons (Fsp3) is 0.909. The summed E-state index contributed by atoms with van der Waals surface area (Å²) in [5, 5.41) is 7.30. The monoisotopic (exact) mass is 229 g/mol. The minimum Gasteiger partial charge on any atom is -0.363 e. The number of rotatable bonds is 5. The lowest BCUT2D eigenvalue weighted by atomic mass is 10.1. The highest BCUT2D eigenvalue weighted by molar-refractivity contribution is 7.80. The molecule has 1 aliphatic rings. The van der Waals surface area contributed by atoms with Gasteiger partial charge in [0, 0.05) is 19.6 Å². The van der Waals surface area contributed by atoms with Crippen LogP contribution in [0.15, 0.2) is 0 Å². The first-order valence-corrected chi connectivity index (χ1v) is 6.41. The smallest absolute Gasteiger partial charge is 0.166 e. The van der Waals surface area contributed by atoms with Crippen LogP contribution >= 0.6 is 12.2 Å². The molecule has 0 spiro atoms. The van der Waals surface area contributed by atoms with Crippen LogP contribution < -0.4 is 10.6 Å². The molecular weight excluding hydrogens is 206 g/mol. The molecule has 0 aliphatic carbocycles. The van der Waals surface area contributed by atoms with Crippen molar-refractivity contribution in [2.75, 3.05) is 32.7 Å². The van der Waals surface area contributed by atoms with E-state index in [4.69, 9.17) is 12.2 Å². The second-order valence-corrected chi connectivity index (χ2v) is 4.59. The molecule has 15 heavy (non-hydrogen) atoms. The summed E-state index contributed by atoms with van der Waals surface area (Å²) in [6.45, 7) is 10.0. The SMILES string of the molecule is CCCNC(=S)NCC1CCN(CC)C1. The average molecular weight is 229 g/mol. The van der Waals surface area contributed by atoms with Gasteiger partial charge < -0.3 is 15.5 Å². The fourth-order valence-corrected chi connectivity index (χ4v) is 2.09. The molecule has 1 aliphatic heterocycles. The van der Waals surface area contributed by atoms with Gasteiger partial charge in [0.25, 0.3) is 0 Å². The van der Waals surface area contributed by atoms with Gasteiger partial charge in [0.2, 0.25) is 0 Å². The van der Waals surface area contributed by atoms with Gasteiger partial charge in [-0.05, 0) is 44.1 Å².